The van der Waals surface area contributed by atoms with Crippen molar-refractivity contribution in [2.45, 2.75) is 70.9 Å². The van der Waals surface area contributed by atoms with Crippen molar-refractivity contribution >= 4 is 7.26 Å². The summed E-state index contributed by atoms with van der Waals surface area (Å²) in [6, 6.07) is 0. The van der Waals surface area contributed by atoms with Crippen LogP contribution in [0.25, 0.3) is 0 Å². The second kappa shape index (κ2) is 6.89. The fraction of sp³-hybridized carbons (Fsp3) is 1.00. The van der Waals surface area contributed by atoms with Crippen LogP contribution in [0.15, 0.2) is 0 Å². The normalized spacial score (nSPS) is 24.7. The van der Waals surface area contributed by atoms with E-state index < -0.39 is 7.26 Å². The Labute approximate surface area is 97.6 Å². The maximum absolute atomic E-state index is 2.70. The molecule has 1 unspecified atom stereocenters. The first-order valence-electron chi connectivity index (χ1n) is 7.23. The molecule has 1 heteroatoms. The third-order valence-electron chi connectivity index (χ3n) is 4.63. The predicted molar refractivity (Wildman–Crippen MR) is 76.0 cm³/mol. The molecule has 0 bridgehead atoms. The first-order valence-corrected chi connectivity index (χ1v) is 10.2. The third kappa shape index (κ3) is 4.06. The summed E-state index contributed by atoms with van der Waals surface area (Å²) in [5, 5.41) is 0. The number of hydrogen-bond acceptors (Lipinski definition) is 0. The Morgan fingerprint density at radius 1 is 1.00 bits per heavy atom. The summed E-state index contributed by atoms with van der Waals surface area (Å²) < 4.78 is 0. The first kappa shape index (κ1) is 13.5. The zero-order valence-corrected chi connectivity index (χ0v) is 12.1. The fourth-order valence-electron chi connectivity index (χ4n) is 3.45. The Balaban J connectivity index is 2.40. The summed E-state index contributed by atoms with van der Waals surface area (Å²) >= 11 is 0. The van der Waals surface area contributed by atoms with E-state index in [9.17, 15) is 0 Å². The van der Waals surface area contributed by atoms with Crippen molar-refractivity contribution in [3.63, 3.8) is 0 Å². The van der Waals surface area contributed by atoms with Gasteiger partial charge in [-0.25, -0.2) is 0 Å². The molecule has 0 N–H and O–H groups in total. The average Bonchev–Trinajstić information content (AvgIpc) is 2.25. The molecular weight excluding hydrogens is 199 g/mol. The molecule has 1 rings (SSSR count). The Kier molecular flexibility index (Phi) is 6.20. The summed E-state index contributed by atoms with van der Waals surface area (Å²) in [6.45, 7) is 7.45. The van der Waals surface area contributed by atoms with Gasteiger partial charge in [0.25, 0.3) is 0 Å². The molecule has 0 aromatic carbocycles. The van der Waals surface area contributed by atoms with Gasteiger partial charge in [-0.3, -0.25) is 0 Å². The minimum atomic E-state index is -0.816. The van der Waals surface area contributed by atoms with E-state index in [0.717, 1.165) is 5.66 Å². The summed E-state index contributed by atoms with van der Waals surface area (Å²) in [5.41, 5.74) is 1.14. The van der Waals surface area contributed by atoms with E-state index in [1.807, 2.05) is 0 Å². The average molecular weight is 230 g/mol. The predicted octanol–water partition coefficient (Wildman–Crippen LogP) is 4.91. The molecule has 92 valence electrons. The molecule has 1 aliphatic heterocycles. The molecule has 0 nitrogen and oxygen atoms in total. The monoisotopic (exact) mass is 230 g/mol. The van der Waals surface area contributed by atoms with Gasteiger partial charge in [0.2, 0.25) is 0 Å². The molecule has 0 aromatic rings. The van der Waals surface area contributed by atoms with E-state index in [1.54, 1.807) is 31.6 Å². The molecular formula is C14H31P. The molecule has 0 radical (unpaired) electrons. The fourth-order valence-corrected chi connectivity index (χ4v) is 8.52. The van der Waals surface area contributed by atoms with Gasteiger partial charge in [0, 0.05) is 0 Å². The number of hydrogen-bond donors (Lipinski definition) is 0. The number of rotatable bonds is 6. The molecule has 0 aromatic heterocycles. The third-order valence-corrected chi connectivity index (χ3v) is 10.3. The van der Waals surface area contributed by atoms with E-state index in [2.05, 4.69) is 20.5 Å². The van der Waals surface area contributed by atoms with Gasteiger partial charge in [-0.1, -0.05) is 0 Å². The molecule has 1 aliphatic rings. The SMILES string of the molecule is CCCCCC(CC)[PH]1(C)CCCCC1. The second-order valence-electron chi connectivity index (χ2n) is 5.82. The van der Waals surface area contributed by atoms with Crippen LogP contribution in [-0.2, 0) is 0 Å². The van der Waals surface area contributed by atoms with Crippen molar-refractivity contribution in [2.75, 3.05) is 19.0 Å². The van der Waals surface area contributed by atoms with Gasteiger partial charge in [0.05, 0.1) is 0 Å². The van der Waals surface area contributed by atoms with Crippen molar-refractivity contribution < 1.29 is 0 Å². The Morgan fingerprint density at radius 2 is 1.67 bits per heavy atom. The Hall–Kier alpha value is 0.430. The van der Waals surface area contributed by atoms with Crippen LogP contribution in [0.2, 0.25) is 0 Å². The summed E-state index contributed by atoms with van der Waals surface area (Å²) in [4.78, 5) is 0. The van der Waals surface area contributed by atoms with Crippen LogP contribution in [-0.4, -0.2) is 24.6 Å². The summed E-state index contributed by atoms with van der Waals surface area (Å²) in [6.07, 6.45) is 15.2. The Morgan fingerprint density at radius 3 is 2.20 bits per heavy atom. The van der Waals surface area contributed by atoms with Gasteiger partial charge in [-0.05, 0) is 0 Å². The molecule has 0 amide bonds. The molecule has 1 heterocycles. The first-order chi connectivity index (χ1) is 7.23. The topological polar surface area (TPSA) is 0 Å². The quantitative estimate of drug-likeness (QED) is 0.449. The zero-order valence-electron chi connectivity index (χ0n) is 11.1. The van der Waals surface area contributed by atoms with Gasteiger partial charge in [0.15, 0.2) is 0 Å². The molecule has 1 atom stereocenters. The minimum absolute atomic E-state index is 0.816. The Bertz CT molecular complexity index is 159. The van der Waals surface area contributed by atoms with E-state index in [0.29, 0.717) is 0 Å². The van der Waals surface area contributed by atoms with Crippen LogP contribution >= 0.6 is 7.26 Å². The van der Waals surface area contributed by atoms with Crippen LogP contribution in [0.3, 0.4) is 0 Å². The molecule has 0 aliphatic carbocycles. The van der Waals surface area contributed by atoms with Crippen molar-refractivity contribution in [1.82, 2.24) is 0 Å². The van der Waals surface area contributed by atoms with Gasteiger partial charge in [0.1, 0.15) is 0 Å². The molecule has 15 heavy (non-hydrogen) atoms. The second-order valence-corrected chi connectivity index (χ2v) is 10.9. The molecule has 0 saturated carbocycles. The maximum atomic E-state index is 2.70. The van der Waals surface area contributed by atoms with Crippen LogP contribution in [0.5, 0.6) is 0 Å². The van der Waals surface area contributed by atoms with Crippen LogP contribution in [0, 0.1) is 0 Å². The molecule has 0 spiro atoms. The van der Waals surface area contributed by atoms with Gasteiger partial charge < -0.3 is 0 Å². The van der Waals surface area contributed by atoms with Crippen LogP contribution in [0.4, 0.5) is 0 Å². The summed E-state index contributed by atoms with van der Waals surface area (Å²) in [7, 11) is -0.816. The van der Waals surface area contributed by atoms with Crippen molar-refractivity contribution in [3.8, 4) is 0 Å². The van der Waals surface area contributed by atoms with Crippen molar-refractivity contribution in [3.05, 3.63) is 0 Å². The van der Waals surface area contributed by atoms with Crippen LogP contribution < -0.4 is 0 Å². The summed E-state index contributed by atoms with van der Waals surface area (Å²) in [5.74, 6) is 0. The van der Waals surface area contributed by atoms with Gasteiger partial charge in [-0.15, -0.1) is 0 Å². The van der Waals surface area contributed by atoms with Gasteiger partial charge >= 0.3 is 97.1 Å². The van der Waals surface area contributed by atoms with E-state index in [-0.39, 0.29) is 0 Å². The van der Waals surface area contributed by atoms with Crippen molar-refractivity contribution in [1.29, 1.82) is 0 Å². The van der Waals surface area contributed by atoms with E-state index in [4.69, 9.17) is 0 Å². The number of unbranched alkanes of at least 4 members (excludes halogenated alkanes) is 2. The van der Waals surface area contributed by atoms with Crippen molar-refractivity contribution in [2.24, 2.45) is 0 Å². The van der Waals surface area contributed by atoms with Crippen LogP contribution in [0.1, 0.15) is 65.2 Å². The zero-order chi connectivity index (χ0) is 11.1. The van der Waals surface area contributed by atoms with E-state index in [1.165, 1.54) is 32.1 Å². The molecule has 1 fully saturated rings. The van der Waals surface area contributed by atoms with E-state index >= 15 is 0 Å². The molecule has 1 saturated heterocycles. The van der Waals surface area contributed by atoms with Gasteiger partial charge in [-0.2, -0.15) is 0 Å². The standard InChI is InChI=1S/C14H31P/c1-4-6-8-11-14(5-2)15(3)12-9-7-10-13-15/h14-15H,4-13H2,1-3H3.